The zero-order valence-electron chi connectivity index (χ0n) is 9.49. The molecule has 0 spiro atoms. The summed E-state index contributed by atoms with van der Waals surface area (Å²) >= 11 is 0. The number of benzene rings is 1. The number of carbonyl (C=O) groups excluding carboxylic acids is 1. The molecular formula is C11H14N2O4. The summed E-state index contributed by atoms with van der Waals surface area (Å²) in [5.41, 5.74) is 6.15. The molecule has 17 heavy (non-hydrogen) atoms. The first-order chi connectivity index (χ1) is 8.29. The number of rotatable bonds is 4. The number of hydrazine groups is 1. The minimum absolute atomic E-state index is 0.257. The Morgan fingerprint density at radius 1 is 1.41 bits per heavy atom. The molecule has 6 nitrogen and oxygen atoms in total. The fourth-order valence-corrected chi connectivity index (χ4v) is 1.44. The van der Waals surface area contributed by atoms with Gasteiger partial charge in [-0.3, -0.25) is 5.43 Å². The van der Waals surface area contributed by atoms with Crippen LogP contribution in [-0.4, -0.2) is 19.5 Å². The van der Waals surface area contributed by atoms with Crippen molar-refractivity contribution in [3.63, 3.8) is 0 Å². The van der Waals surface area contributed by atoms with Gasteiger partial charge in [-0.2, -0.15) is 0 Å². The molecule has 1 aliphatic heterocycles. The molecule has 92 valence electrons. The summed E-state index contributed by atoms with van der Waals surface area (Å²) in [5, 5.41) is 0. The van der Waals surface area contributed by atoms with Crippen LogP contribution < -0.4 is 20.3 Å². The standard InChI is InChI=1S/C11H14N2O4/c1-2-15-11(14)13-12-6-8-3-4-9-10(5-8)17-7-16-9/h3-5,12H,2,6-7H2,1H3,(H,13,14). The number of hydrogen-bond acceptors (Lipinski definition) is 5. The maximum absolute atomic E-state index is 11.0. The first-order valence-corrected chi connectivity index (χ1v) is 5.33. The fraction of sp³-hybridized carbons (Fsp3) is 0.364. The number of hydrogen-bond donors (Lipinski definition) is 2. The summed E-state index contributed by atoms with van der Waals surface area (Å²) in [6, 6.07) is 5.60. The number of carbonyl (C=O) groups is 1. The Bertz CT molecular complexity index is 408. The third-order valence-corrected chi connectivity index (χ3v) is 2.20. The third kappa shape index (κ3) is 3.01. The SMILES string of the molecule is CCOC(=O)NNCc1ccc2c(c1)OCO2. The van der Waals surface area contributed by atoms with Gasteiger partial charge in [-0.05, 0) is 24.6 Å². The summed E-state index contributed by atoms with van der Waals surface area (Å²) in [7, 11) is 0. The molecule has 1 amide bonds. The Labute approximate surface area is 98.8 Å². The van der Waals surface area contributed by atoms with Crippen LogP contribution in [0.4, 0.5) is 4.79 Å². The zero-order valence-corrected chi connectivity index (χ0v) is 9.49. The van der Waals surface area contributed by atoms with Crippen LogP contribution in [0.25, 0.3) is 0 Å². The van der Waals surface area contributed by atoms with Crippen molar-refractivity contribution < 1.29 is 19.0 Å². The maximum atomic E-state index is 11.0. The van der Waals surface area contributed by atoms with Crippen LogP contribution in [0.3, 0.4) is 0 Å². The van der Waals surface area contributed by atoms with Crippen LogP contribution in [0.15, 0.2) is 18.2 Å². The number of amides is 1. The van der Waals surface area contributed by atoms with E-state index in [-0.39, 0.29) is 6.79 Å². The normalized spacial score (nSPS) is 12.3. The van der Waals surface area contributed by atoms with Crippen molar-refractivity contribution >= 4 is 6.09 Å². The van der Waals surface area contributed by atoms with Crippen molar-refractivity contribution in [1.29, 1.82) is 0 Å². The van der Waals surface area contributed by atoms with Gasteiger partial charge in [-0.15, -0.1) is 0 Å². The van der Waals surface area contributed by atoms with E-state index < -0.39 is 6.09 Å². The molecule has 1 aliphatic rings. The van der Waals surface area contributed by atoms with Gasteiger partial charge in [0.15, 0.2) is 11.5 Å². The lowest BCUT2D eigenvalue weighted by molar-refractivity contribution is 0.147. The van der Waals surface area contributed by atoms with E-state index in [1.807, 2.05) is 18.2 Å². The molecule has 0 aliphatic carbocycles. The van der Waals surface area contributed by atoms with Crippen LogP contribution in [-0.2, 0) is 11.3 Å². The first kappa shape index (κ1) is 11.5. The highest BCUT2D eigenvalue weighted by Gasteiger charge is 2.12. The van der Waals surface area contributed by atoms with Crippen LogP contribution in [0.5, 0.6) is 11.5 Å². The monoisotopic (exact) mass is 238 g/mol. The fourth-order valence-electron chi connectivity index (χ4n) is 1.44. The lowest BCUT2D eigenvalue weighted by Crippen LogP contribution is -2.37. The number of nitrogens with one attached hydrogen (secondary N) is 2. The summed E-state index contributed by atoms with van der Waals surface area (Å²) in [6.07, 6.45) is -0.492. The van der Waals surface area contributed by atoms with Crippen LogP contribution in [0.1, 0.15) is 12.5 Å². The van der Waals surface area contributed by atoms with Gasteiger partial charge in [0.25, 0.3) is 0 Å². The smallest absolute Gasteiger partial charge is 0.421 e. The molecule has 0 saturated carbocycles. The second-order valence-electron chi connectivity index (χ2n) is 3.39. The Balaban J connectivity index is 1.81. The Morgan fingerprint density at radius 2 is 2.24 bits per heavy atom. The molecule has 0 unspecified atom stereocenters. The Hall–Kier alpha value is -1.95. The maximum Gasteiger partial charge on any atom is 0.421 e. The molecule has 0 saturated heterocycles. The van der Waals surface area contributed by atoms with Gasteiger partial charge in [-0.1, -0.05) is 6.07 Å². The van der Waals surface area contributed by atoms with Gasteiger partial charge in [0.1, 0.15) is 0 Å². The summed E-state index contributed by atoms with van der Waals surface area (Å²) in [4.78, 5) is 11.0. The molecular weight excluding hydrogens is 224 g/mol. The minimum Gasteiger partial charge on any atom is -0.454 e. The van der Waals surface area contributed by atoms with E-state index in [9.17, 15) is 4.79 Å². The van der Waals surface area contributed by atoms with E-state index in [1.54, 1.807) is 6.92 Å². The second kappa shape index (κ2) is 5.40. The van der Waals surface area contributed by atoms with Crippen molar-refractivity contribution in [2.75, 3.05) is 13.4 Å². The molecule has 0 bridgehead atoms. The third-order valence-electron chi connectivity index (χ3n) is 2.20. The zero-order chi connectivity index (χ0) is 12.1. The molecule has 0 fully saturated rings. The van der Waals surface area contributed by atoms with Crippen molar-refractivity contribution in [3.05, 3.63) is 23.8 Å². The van der Waals surface area contributed by atoms with Gasteiger partial charge >= 0.3 is 6.09 Å². The molecule has 1 aromatic carbocycles. The first-order valence-electron chi connectivity index (χ1n) is 5.33. The molecule has 0 aromatic heterocycles. The molecule has 0 atom stereocenters. The average molecular weight is 238 g/mol. The van der Waals surface area contributed by atoms with Gasteiger partial charge < -0.3 is 14.2 Å². The second-order valence-corrected chi connectivity index (χ2v) is 3.39. The van der Waals surface area contributed by atoms with Gasteiger partial charge in [0.2, 0.25) is 6.79 Å². The summed E-state index contributed by atoms with van der Waals surface area (Å²) in [5.74, 6) is 1.47. The predicted octanol–water partition coefficient (Wildman–Crippen LogP) is 1.17. The predicted molar refractivity (Wildman–Crippen MR) is 59.6 cm³/mol. The highest BCUT2D eigenvalue weighted by Crippen LogP contribution is 2.32. The molecule has 6 heteroatoms. The quantitative estimate of drug-likeness (QED) is 0.770. The van der Waals surface area contributed by atoms with Crippen molar-refractivity contribution in [2.24, 2.45) is 0 Å². The number of ether oxygens (including phenoxy) is 3. The molecule has 0 radical (unpaired) electrons. The van der Waals surface area contributed by atoms with E-state index in [0.717, 1.165) is 17.1 Å². The number of fused-ring (bicyclic) bond motifs is 1. The molecule has 1 heterocycles. The summed E-state index contributed by atoms with van der Waals surface area (Å²) < 4.78 is 15.1. The largest absolute Gasteiger partial charge is 0.454 e. The van der Waals surface area contributed by atoms with E-state index in [4.69, 9.17) is 14.2 Å². The van der Waals surface area contributed by atoms with Crippen LogP contribution in [0, 0.1) is 0 Å². The molecule has 2 N–H and O–H groups in total. The van der Waals surface area contributed by atoms with Gasteiger partial charge in [0.05, 0.1) is 6.61 Å². The van der Waals surface area contributed by atoms with Crippen molar-refractivity contribution in [1.82, 2.24) is 10.9 Å². The van der Waals surface area contributed by atoms with Crippen LogP contribution in [0.2, 0.25) is 0 Å². The van der Waals surface area contributed by atoms with Gasteiger partial charge in [-0.25, -0.2) is 10.2 Å². The average Bonchev–Trinajstić information content (AvgIpc) is 2.76. The van der Waals surface area contributed by atoms with Gasteiger partial charge in [0, 0.05) is 6.54 Å². The highest BCUT2D eigenvalue weighted by molar-refractivity contribution is 5.66. The molecule has 2 rings (SSSR count). The highest BCUT2D eigenvalue weighted by atomic mass is 16.7. The Morgan fingerprint density at radius 3 is 3.06 bits per heavy atom. The van der Waals surface area contributed by atoms with Crippen LogP contribution >= 0.6 is 0 Å². The van der Waals surface area contributed by atoms with Crippen molar-refractivity contribution in [2.45, 2.75) is 13.5 Å². The summed E-state index contributed by atoms with van der Waals surface area (Å²) in [6.45, 7) is 2.83. The van der Waals surface area contributed by atoms with E-state index in [0.29, 0.717) is 13.2 Å². The van der Waals surface area contributed by atoms with E-state index in [2.05, 4.69) is 10.9 Å². The van der Waals surface area contributed by atoms with E-state index in [1.165, 1.54) is 0 Å². The Kier molecular flexibility index (Phi) is 3.66. The molecule has 1 aromatic rings. The lowest BCUT2D eigenvalue weighted by atomic mass is 10.2. The topological polar surface area (TPSA) is 68.8 Å². The van der Waals surface area contributed by atoms with E-state index >= 15 is 0 Å². The minimum atomic E-state index is -0.492. The lowest BCUT2D eigenvalue weighted by Gasteiger charge is -2.07. The van der Waals surface area contributed by atoms with Crippen molar-refractivity contribution in [3.8, 4) is 11.5 Å².